The van der Waals surface area contributed by atoms with E-state index in [4.69, 9.17) is 4.74 Å². The van der Waals surface area contributed by atoms with Crippen molar-refractivity contribution in [2.24, 2.45) is 0 Å². The van der Waals surface area contributed by atoms with Crippen molar-refractivity contribution < 1.29 is 24.2 Å². The zero-order valence-electron chi connectivity index (χ0n) is 20.8. The minimum Gasteiger partial charge on any atom is -0.508 e. The van der Waals surface area contributed by atoms with Crippen LogP contribution in [0.3, 0.4) is 0 Å². The summed E-state index contributed by atoms with van der Waals surface area (Å²) < 4.78 is 5.29. The van der Waals surface area contributed by atoms with Crippen molar-refractivity contribution in [3.05, 3.63) is 29.8 Å². The van der Waals surface area contributed by atoms with Crippen molar-refractivity contribution in [3.63, 3.8) is 0 Å². The SMILES string of the molecule is CCCCN(C(=O)C(CS)NC(=O)OC(C)(C)C)C(C(=O)NC(C)(C)C)c1ccc(O)cc1. The van der Waals surface area contributed by atoms with Crippen molar-refractivity contribution in [2.45, 2.75) is 84.5 Å². The molecule has 1 aromatic carbocycles. The summed E-state index contributed by atoms with van der Waals surface area (Å²) in [4.78, 5) is 40.8. The number of hydrogen-bond donors (Lipinski definition) is 4. The lowest BCUT2D eigenvalue weighted by Gasteiger charge is -2.35. The van der Waals surface area contributed by atoms with E-state index in [2.05, 4.69) is 23.3 Å². The minimum atomic E-state index is -0.984. The van der Waals surface area contributed by atoms with E-state index in [1.54, 1.807) is 32.9 Å². The molecule has 0 saturated heterocycles. The zero-order chi connectivity index (χ0) is 25.4. The van der Waals surface area contributed by atoms with Gasteiger partial charge in [-0.05, 0) is 65.7 Å². The topological polar surface area (TPSA) is 108 Å². The number of phenolic OH excluding ortho intramolecular Hbond substituents is 1. The molecule has 0 aliphatic carbocycles. The van der Waals surface area contributed by atoms with Gasteiger partial charge in [-0.1, -0.05) is 25.5 Å². The van der Waals surface area contributed by atoms with Gasteiger partial charge in [0, 0.05) is 17.8 Å². The van der Waals surface area contributed by atoms with Crippen LogP contribution >= 0.6 is 12.6 Å². The van der Waals surface area contributed by atoms with Crippen LogP contribution in [0.2, 0.25) is 0 Å². The number of unbranched alkanes of at least 4 members (excludes halogenated alkanes) is 1. The number of alkyl carbamates (subject to hydrolysis) is 1. The molecule has 9 heteroatoms. The lowest BCUT2D eigenvalue weighted by atomic mass is 10.00. The maximum absolute atomic E-state index is 13.6. The smallest absolute Gasteiger partial charge is 0.408 e. The highest BCUT2D eigenvalue weighted by atomic mass is 32.1. The van der Waals surface area contributed by atoms with Crippen LogP contribution in [0.25, 0.3) is 0 Å². The van der Waals surface area contributed by atoms with Crippen LogP contribution < -0.4 is 10.6 Å². The Bertz CT molecular complexity index is 800. The second-order valence-electron chi connectivity index (χ2n) is 10.00. The Morgan fingerprint density at radius 1 is 1.09 bits per heavy atom. The number of carbonyl (C=O) groups is 3. The van der Waals surface area contributed by atoms with Crippen molar-refractivity contribution in [1.29, 1.82) is 0 Å². The van der Waals surface area contributed by atoms with Gasteiger partial charge in [0.1, 0.15) is 23.4 Å². The number of carbonyl (C=O) groups excluding carboxylic acids is 3. The molecule has 0 radical (unpaired) electrons. The van der Waals surface area contributed by atoms with E-state index >= 15 is 0 Å². The highest BCUT2D eigenvalue weighted by Crippen LogP contribution is 2.26. The first-order valence-corrected chi connectivity index (χ1v) is 11.8. The van der Waals surface area contributed by atoms with E-state index in [0.29, 0.717) is 18.5 Å². The van der Waals surface area contributed by atoms with Crippen LogP contribution in [0.1, 0.15) is 72.9 Å². The molecular weight excluding hydrogens is 442 g/mol. The number of phenols is 1. The Hall–Kier alpha value is -2.42. The maximum Gasteiger partial charge on any atom is 0.408 e. The monoisotopic (exact) mass is 481 g/mol. The molecule has 186 valence electrons. The molecule has 0 aliphatic rings. The fourth-order valence-corrected chi connectivity index (χ4v) is 3.35. The molecule has 0 fully saturated rings. The lowest BCUT2D eigenvalue weighted by Crippen LogP contribution is -2.55. The molecular formula is C24H39N3O5S. The summed E-state index contributed by atoms with van der Waals surface area (Å²) in [7, 11) is 0. The Labute approximate surface area is 202 Å². The maximum atomic E-state index is 13.6. The first-order chi connectivity index (χ1) is 15.2. The zero-order valence-corrected chi connectivity index (χ0v) is 21.7. The lowest BCUT2D eigenvalue weighted by molar-refractivity contribution is -0.142. The Kier molecular flexibility index (Phi) is 10.5. The number of rotatable bonds is 9. The summed E-state index contributed by atoms with van der Waals surface area (Å²) in [5, 5.41) is 15.2. The van der Waals surface area contributed by atoms with Gasteiger partial charge >= 0.3 is 6.09 Å². The van der Waals surface area contributed by atoms with Crippen molar-refractivity contribution in [2.75, 3.05) is 12.3 Å². The number of amides is 3. The molecule has 3 N–H and O–H groups in total. The molecule has 3 amide bonds. The number of hydrogen-bond acceptors (Lipinski definition) is 6. The minimum absolute atomic E-state index is 0.0316. The fraction of sp³-hybridized carbons (Fsp3) is 0.625. The normalized spacial score (nSPS) is 13.6. The molecule has 2 atom stereocenters. The molecule has 2 unspecified atom stereocenters. The third kappa shape index (κ3) is 9.94. The quantitative estimate of drug-likeness (QED) is 0.401. The number of aromatic hydroxyl groups is 1. The standard InChI is InChI=1S/C24H39N3O5S/c1-8-9-14-27(21(30)18(15-33)25-22(31)32-24(5,6)7)19(20(29)26-23(2,3)4)16-10-12-17(28)13-11-16/h10-13,18-19,28,33H,8-9,14-15H2,1-7H3,(H,25,31)(H,26,29). The van der Waals surface area contributed by atoms with Crippen LogP contribution in [0.5, 0.6) is 5.75 Å². The Morgan fingerprint density at radius 2 is 1.67 bits per heavy atom. The van der Waals surface area contributed by atoms with Gasteiger partial charge < -0.3 is 25.4 Å². The van der Waals surface area contributed by atoms with Crippen LogP contribution in [0, 0.1) is 0 Å². The summed E-state index contributed by atoms with van der Waals surface area (Å²) in [5.41, 5.74) is -0.699. The van der Waals surface area contributed by atoms with Gasteiger partial charge in [0.15, 0.2) is 0 Å². The van der Waals surface area contributed by atoms with Crippen LogP contribution in [0.15, 0.2) is 24.3 Å². The fourth-order valence-electron chi connectivity index (χ4n) is 3.10. The summed E-state index contributed by atoms with van der Waals surface area (Å²) in [6, 6.07) is 4.25. The van der Waals surface area contributed by atoms with Gasteiger partial charge in [-0.3, -0.25) is 9.59 Å². The number of ether oxygens (including phenoxy) is 1. The van der Waals surface area contributed by atoms with Crippen molar-refractivity contribution in [3.8, 4) is 5.75 Å². The average molecular weight is 482 g/mol. The molecule has 1 rings (SSSR count). The summed E-state index contributed by atoms with van der Waals surface area (Å²) >= 11 is 4.27. The molecule has 0 heterocycles. The van der Waals surface area contributed by atoms with E-state index in [1.807, 2.05) is 27.7 Å². The van der Waals surface area contributed by atoms with Gasteiger partial charge in [-0.15, -0.1) is 0 Å². The molecule has 8 nitrogen and oxygen atoms in total. The summed E-state index contributed by atoms with van der Waals surface area (Å²) in [6.07, 6.45) is 0.734. The van der Waals surface area contributed by atoms with Crippen LogP contribution in [-0.4, -0.2) is 57.4 Å². The Morgan fingerprint density at radius 3 is 2.12 bits per heavy atom. The number of thiol groups is 1. The molecule has 33 heavy (non-hydrogen) atoms. The van der Waals surface area contributed by atoms with E-state index in [0.717, 1.165) is 6.42 Å². The Balaban J connectivity index is 3.37. The van der Waals surface area contributed by atoms with Crippen molar-refractivity contribution in [1.82, 2.24) is 15.5 Å². The highest BCUT2D eigenvalue weighted by Gasteiger charge is 2.36. The number of benzene rings is 1. The molecule has 0 saturated carbocycles. The van der Waals surface area contributed by atoms with Crippen LogP contribution in [-0.2, 0) is 14.3 Å². The molecule has 0 aliphatic heterocycles. The number of nitrogens with one attached hydrogen (secondary N) is 2. The predicted octanol–water partition coefficient (Wildman–Crippen LogP) is 3.80. The van der Waals surface area contributed by atoms with Gasteiger partial charge in [0.2, 0.25) is 11.8 Å². The van der Waals surface area contributed by atoms with E-state index < -0.39 is 35.2 Å². The third-order valence-corrected chi connectivity index (χ3v) is 4.84. The molecule has 0 bridgehead atoms. The first-order valence-electron chi connectivity index (χ1n) is 11.2. The van der Waals surface area contributed by atoms with Gasteiger partial charge in [0.25, 0.3) is 0 Å². The van der Waals surface area contributed by atoms with E-state index in [9.17, 15) is 19.5 Å². The molecule has 1 aromatic rings. The van der Waals surface area contributed by atoms with Crippen molar-refractivity contribution >= 4 is 30.5 Å². The van der Waals surface area contributed by atoms with E-state index in [1.165, 1.54) is 17.0 Å². The summed E-state index contributed by atoms with van der Waals surface area (Å²) in [6.45, 7) is 13.1. The van der Waals surface area contributed by atoms with Gasteiger partial charge in [-0.25, -0.2) is 4.79 Å². The average Bonchev–Trinajstić information content (AvgIpc) is 2.67. The largest absolute Gasteiger partial charge is 0.508 e. The number of nitrogens with zero attached hydrogens (tertiary/aromatic N) is 1. The van der Waals surface area contributed by atoms with Gasteiger partial charge in [0.05, 0.1) is 0 Å². The summed E-state index contributed by atoms with van der Waals surface area (Å²) in [5.74, 6) is -0.705. The molecule has 0 spiro atoms. The highest BCUT2D eigenvalue weighted by molar-refractivity contribution is 7.80. The van der Waals surface area contributed by atoms with Crippen LogP contribution in [0.4, 0.5) is 4.79 Å². The second-order valence-corrected chi connectivity index (χ2v) is 10.4. The predicted molar refractivity (Wildman–Crippen MR) is 132 cm³/mol. The first kappa shape index (κ1) is 28.6. The van der Waals surface area contributed by atoms with Gasteiger partial charge in [-0.2, -0.15) is 12.6 Å². The second kappa shape index (κ2) is 12.2. The third-order valence-electron chi connectivity index (χ3n) is 4.47. The molecule has 0 aromatic heterocycles. The van der Waals surface area contributed by atoms with E-state index in [-0.39, 0.29) is 17.4 Å².